The Balaban J connectivity index is 1.64. The van der Waals surface area contributed by atoms with Gasteiger partial charge in [-0.3, -0.25) is 0 Å². The zero-order valence-electron chi connectivity index (χ0n) is 18.4. The van der Waals surface area contributed by atoms with Gasteiger partial charge in [-0.2, -0.15) is 0 Å². The van der Waals surface area contributed by atoms with Crippen molar-refractivity contribution < 1.29 is 0 Å². The summed E-state index contributed by atoms with van der Waals surface area (Å²) in [5.74, 6) is 0. The summed E-state index contributed by atoms with van der Waals surface area (Å²) in [7, 11) is 0. The fourth-order valence-electron chi connectivity index (χ4n) is 5.05. The molecular weight excluding hydrogens is 396 g/mol. The Labute approximate surface area is 195 Å². The Morgan fingerprint density at radius 2 is 0.727 bits per heavy atom. The summed E-state index contributed by atoms with van der Waals surface area (Å²) in [5, 5.41) is 0. The third-order valence-electron chi connectivity index (χ3n) is 6.51. The molecule has 0 aromatic heterocycles. The minimum absolute atomic E-state index is 0.953. The van der Waals surface area contributed by atoms with Crippen molar-refractivity contribution >= 4 is 22.3 Å². The van der Waals surface area contributed by atoms with Crippen LogP contribution in [0, 0.1) is 0 Å². The predicted molar refractivity (Wildman–Crippen MR) is 140 cm³/mol. The Kier molecular flexibility index (Phi) is 4.97. The lowest BCUT2D eigenvalue weighted by Crippen LogP contribution is -2.13. The van der Waals surface area contributed by atoms with Crippen molar-refractivity contribution in [1.82, 2.24) is 0 Å². The molecule has 0 nitrogen and oxygen atoms in total. The molecule has 0 amide bonds. The number of hydrogen-bond donors (Lipinski definition) is 0. The molecule has 0 aliphatic heterocycles. The first-order valence-electron chi connectivity index (χ1n) is 11.5. The first-order chi connectivity index (χ1) is 16.4. The fourth-order valence-corrected chi connectivity index (χ4v) is 5.05. The molecule has 6 rings (SSSR count). The summed E-state index contributed by atoms with van der Waals surface area (Å²) in [4.78, 5) is 0. The third-order valence-corrected chi connectivity index (χ3v) is 6.51. The van der Waals surface area contributed by atoms with Crippen LogP contribution in [0.2, 0.25) is 0 Å². The Morgan fingerprint density at radius 3 is 1.18 bits per heavy atom. The second-order valence-electron chi connectivity index (χ2n) is 8.46. The highest BCUT2D eigenvalue weighted by Gasteiger charge is 2.35. The molecule has 2 aliphatic carbocycles. The molecule has 0 atom stereocenters. The van der Waals surface area contributed by atoms with Gasteiger partial charge in [0.15, 0.2) is 0 Å². The van der Waals surface area contributed by atoms with E-state index in [1.165, 1.54) is 55.7 Å². The molecule has 0 heterocycles. The van der Waals surface area contributed by atoms with E-state index in [4.69, 9.17) is 0 Å². The van der Waals surface area contributed by atoms with Crippen molar-refractivity contribution in [3.63, 3.8) is 0 Å². The Bertz CT molecular complexity index is 1420. The monoisotopic (exact) mass is 420 g/mol. The largest absolute Gasteiger partial charge is 0.0795 e. The quantitative estimate of drug-likeness (QED) is 0.304. The van der Waals surface area contributed by atoms with E-state index in [0.717, 1.165) is 6.42 Å². The minimum Gasteiger partial charge on any atom is -0.0795 e. The zero-order valence-corrected chi connectivity index (χ0v) is 18.4. The van der Waals surface area contributed by atoms with Crippen LogP contribution in [0.3, 0.4) is 0 Å². The van der Waals surface area contributed by atoms with Gasteiger partial charge in [-0.1, -0.05) is 133 Å². The van der Waals surface area contributed by atoms with Crippen LogP contribution in [0.1, 0.15) is 28.7 Å². The van der Waals surface area contributed by atoms with Gasteiger partial charge in [-0.25, -0.2) is 0 Å². The van der Waals surface area contributed by atoms with E-state index in [-0.39, 0.29) is 0 Å². The van der Waals surface area contributed by atoms with Crippen molar-refractivity contribution in [2.75, 3.05) is 0 Å². The lowest BCUT2D eigenvalue weighted by molar-refractivity contribution is 1.28. The molecule has 0 bridgehead atoms. The molecule has 0 saturated heterocycles. The molecule has 0 fully saturated rings. The van der Waals surface area contributed by atoms with Crippen molar-refractivity contribution in [3.05, 3.63) is 167 Å². The average Bonchev–Trinajstić information content (AvgIpc) is 3.35. The second-order valence-corrected chi connectivity index (χ2v) is 8.46. The van der Waals surface area contributed by atoms with Crippen LogP contribution < -0.4 is 0 Å². The summed E-state index contributed by atoms with van der Waals surface area (Å²) < 4.78 is 0. The van der Waals surface area contributed by atoms with E-state index in [9.17, 15) is 0 Å². The summed E-state index contributed by atoms with van der Waals surface area (Å²) >= 11 is 0. The Morgan fingerprint density at radius 1 is 0.364 bits per heavy atom. The fraction of sp³-hybridized carbons (Fsp3) is 0.0303. The maximum atomic E-state index is 2.30. The van der Waals surface area contributed by atoms with E-state index in [1.54, 1.807) is 0 Å². The SMILES string of the molecule is C1=CC(c2ccccc2)=C(C2=C(c3ccccc3)C(c3ccccc3)=C2c2ccccc2)C1. The van der Waals surface area contributed by atoms with Crippen molar-refractivity contribution in [2.24, 2.45) is 0 Å². The van der Waals surface area contributed by atoms with Gasteiger partial charge in [0.1, 0.15) is 0 Å². The molecule has 0 spiro atoms. The van der Waals surface area contributed by atoms with Crippen LogP contribution >= 0.6 is 0 Å². The second kappa shape index (κ2) is 8.41. The van der Waals surface area contributed by atoms with Gasteiger partial charge in [0, 0.05) is 0 Å². The van der Waals surface area contributed by atoms with E-state index in [2.05, 4.69) is 133 Å². The third kappa shape index (κ3) is 3.41. The molecule has 0 saturated carbocycles. The van der Waals surface area contributed by atoms with E-state index < -0.39 is 0 Å². The minimum atomic E-state index is 0.953. The highest BCUT2D eigenvalue weighted by Crippen LogP contribution is 2.56. The van der Waals surface area contributed by atoms with Gasteiger partial charge < -0.3 is 0 Å². The number of hydrogen-bond acceptors (Lipinski definition) is 0. The van der Waals surface area contributed by atoms with Crippen molar-refractivity contribution in [3.8, 4) is 0 Å². The molecule has 156 valence electrons. The van der Waals surface area contributed by atoms with Crippen LogP contribution in [0.5, 0.6) is 0 Å². The van der Waals surface area contributed by atoms with Crippen molar-refractivity contribution in [2.45, 2.75) is 6.42 Å². The van der Waals surface area contributed by atoms with Crippen molar-refractivity contribution in [1.29, 1.82) is 0 Å². The summed E-state index contributed by atoms with van der Waals surface area (Å²) in [5.41, 5.74) is 13.3. The topological polar surface area (TPSA) is 0 Å². The van der Waals surface area contributed by atoms with Crippen LogP contribution in [0.4, 0.5) is 0 Å². The molecule has 4 aromatic carbocycles. The van der Waals surface area contributed by atoms with Crippen LogP contribution in [0.15, 0.2) is 145 Å². The number of allylic oxidation sites excluding steroid dienone is 8. The molecule has 33 heavy (non-hydrogen) atoms. The molecule has 4 aromatic rings. The van der Waals surface area contributed by atoms with E-state index in [1.807, 2.05) is 0 Å². The van der Waals surface area contributed by atoms with Gasteiger partial charge in [0.05, 0.1) is 0 Å². The molecule has 0 radical (unpaired) electrons. The highest BCUT2D eigenvalue weighted by atomic mass is 14.4. The summed E-state index contributed by atoms with van der Waals surface area (Å²) in [6.45, 7) is 0. The molecule has 0 N–H and O–H groups in total. The first kappa shape index (κ1) is 19.5. The van der Waals surface area contributed by atoms with Gasteiger partial charge >= 0.3 is 0 Å². The maximum Gasteiger partial charge on any atom is -0.00141 e. The van der Waals surface area contributed by atoms with E-state index >= 15 is 0 Å². The van der Waals surface area contributed by atoms with Gasteiger partial charge in [-0.15, -0.1) is 0 Å². The molecular formula is C33H24. The number of benzene rings is 4. The summed E-state index contributed by atoms with van der Waals surface area (Å²) in [6, 6.07) is 43.3. The molecule has 2 aliphatic rings. The molecule has 0 unspecified atom stereocenters. The van der Waals surface area contributed by atoms with Gasteiger partial charge in [0.2, 0.25) is 0 Å². The summed E-state index contributed by atoms with van der Waals surface area (Å²) in [6.07, 6.45) is 5.55. The number of rotatable bonds is 5. The maximum absolute atomic E-state index is 2.30. The normalized spacial score (nSPS) is 15.3. The van der Waals surface area contributed by atoms with Crippen LogP contribution in [-0.2, 0) is 0 Å². The standard InChI is InChI=1S/C33H24/c1-5-14-24(15-6-1)28-22-13-23-29(28)33-31(26-18-9-3-10-19-26)30(25-16-7-2-8-17-25)32(33)27-20-11-4-12-21-27/h1-22H,23H2. The lowest BCUT2D eigenvalue weighted by atomic mass is 9.68. The zero-order chi connectivity index (χ0) is 22.0. The lowest BCUT2D eigenvalue weighted by Gasteiger charge is -2.34. The molecule has 0 heteroatoms. The van der Waals surface area contributed by atoms with Gasteiger partial charge in [-0.05, 0) is 62.1 Å². The highest BCUT2D eigenvalue weighted by molar-refractivity contribution is 6.31. The first-order valence-corrected chi connectivity index (χ1v) is 11.5. The van der Waals surface area contributed by atoms with Crippen LogP contribution in [0.25, 0.3) is 22.3 Å². The smallest absolute Gasteiger partial charge is 0.00141 e. The van der Waals surface area contributed by atoms with E-state index in [0.29, 0.717) is 0 Å². The Hall–Kier alpha value is -4.16. The predicted octanol–water partition coefficient (Wildman–Crippen LogP) is 8.48. The van der Waals surface area contributed by atoms with Gasteiger partial charge in [0.25, 0.3) is 0 Å². The van der Waals surface area contributed by atoms with Crippen LogP contribution in [-0.4, -0.2) is 0 Å². The average molecular weight is 421 g/mol.